The van der Waals surface area contributed by atoms with Crippen LogP contribution in [0.1, 0.15) is 5.56 Å². The molecule has 5 heteroatoms. The lowest BCUT2D eigenvalue weighted by atomic mass is 10.2. The molecule has 0 unspecified atom stereocenters. The molecule has 2 aromatic carbocycles. The number of imidazole rings is 1. The van der Waals surface area contributed by atoms with E-state index in [1.54, 1.807) is 0 Å². The lowest BCUT2D eigenvalue weighted by molar-refractivity contribution is 1.10. The summed E-state index contributed by atoms with van der Waals surface area (Å²) >= 11 is 7.03. The van der Waals surface area contributed by atoms with Crippen molar-refractivity contribution in [2.45, 2.75) is 6.92 Å². The molecule has 0 aliphatic carbocycles. The molecule has 0 spiro atoms. The second-order valence-electron chi connectivity index (χ2n) is 4.39. The molecule has 1 heterocycles. The number of hydrogen-bond donors (Lipinski definition) is 1. The molecular weight excluding hydrogens is 370 g/mol. The summed E-state index contributed by atoms with van der Waals surface area (Å²) in [4.78, 5) is 4.40. The monoisotopic (exact) mass is 379 g/mol. The largest absolute Gasteiger partial charge is 0.369 e. The third kappa shape index (κ3) is 2.17. The standard InChI is InChI=1S/C14H11Br2N3/c1-8-2-4-11-13(6-8)19(14(17)18-11)12-5-3-9(15)7-10(12)16/h2-7H,1H3,(H2,17,18). The van der Waals surface area contributed by atoms with Crippen LogP contribution in [-0.2, 0) is 0 Å². The summed E-state index contributed by atoms with van der Waals surface area (Å²) in [5.74, 6) is 0.489. The van der Waals surface area contributed by atoms with Gasteiger partial charge < -0.3 is 5.73 Å². The van der Waals surface area contributed by atoms with Crippen LogP contribution in [0.5, 0.6) is 0 Å². The van der Waals surface area contributed by atoms with Crippen LogP contribution in [0.2, 0.25) is 0 Å². The Balaban J connectivity index is 2.35. The first-order chi connectivity index (χ1) is 9.06. The molecule has 0 amide bonds. The van der Waals surface area contributed by atoms with E-state index in [1.165, 1.54) is 5.56 Å². The Morgan fingerprint density at radius 2 is 1.89 bits per heavy atom. The molecule has 2 N–H and O–H groups in total. The van der Waals surface area contributed by atoms with Crippen LogP contribution in [0.15, 0.2) is 45.3 Å². The molecule has 0 saturated carbocycles. The van der Waals surface area contributed by atoms with E-state index in [2.05, 4.69) is 49.8 Å². The molecule has 0 saturated heterocycles. The number of rotatable bonds is 1. The molecule has 1 aromatic heterocycles. The first-order valence-electron chi connectivity index (χ1n) is 5.76. The van der Waals surface area contributed by atoms with Crippen LogP contribution in [-0.4, -0.2) is 9.55 Å². The van der Waals surface area contributed by atoms with Crippen LogP contribution >= 0.6 is 31.9 Å². The van der Waals surface area contributed by atoms with Gasteiger partial charge in [0, 0.05) is 8.95 Å². The molecule has 19 heavy (non-hydrogen) atoms. The van der Waals surface area contributed by atoms with Crippen molar-refractivity contribution in [2.75, 3.05) is 5.73 Å². The van der Waals surface area contributed by atoms with E-state index in [1.807, 2.05) is 34.9 Å². The number of halogens is 2. The fraction of sp³-hybridized carbons (Fsp3) is 0.0714. The van der Waals surface area contributed by atoms with Crippen molar-refractivity contribution >= 4 is 48.8 Å². The van der Waals surface area contributed by atoms with E-state index in [4.69, 9.17) is 5.73 Å². The van der Waals surface area contributed by atoms with E-state index < -0.39 is 0 Å². The number of nitrogen functional groups attached to an aromatic ring is 1. The second kappa shape index (κ2) is 4.65. The summed E-state index contributed by atoms with van der Waals surface area (Å²) in [6, 6.07) is 12.1. The highest BCUT2D eigenvalue weighted by Gasteiger charge is 2.12. The molecule has 0 bridgehead atoms. The van der Waals surface area contributed by atoms with Gasteiger partial charge in [0.25, 0.3) is 0 Å². The van der Waals surface area contributed by atoms with Crippen molar-refractivity contribution in [1.29, 1.82) is 0 Å². The number of fused-ring (bicyclic) bond motifs is 1. The van der Waals surface area contributed by atoms with Crippen LogP contribution in [0, 0.1) is 6.92 Å². The maximum absolute atomic E-state index is 6.06. The number of nitrogens with zero attached hydrogens (tertiary/aromatic N) is 2. The first-order valence-corrected chi connectivity index (χ1v) is 7.35. The minimum absolute atomic E-state index is 0.489. The Morgan fingerprint density at radius 3 is 2.63 bits per heavy atom. The zero-order valence-corrected chi connectivity index (χ0v) is 13.4. The topological polar surface area (TPSA) is 43.8 Å². The molecule has 0 aliphatic heterocycles. The average Bonchev–Trinajstić information content (AvgIpc) is 2.65. The molecule has 0 aliphatic rings. The Labute approximate surface area is 127 Å². The van der Waals surface area contributed by atoms with Crippen LogP contribution in [0.3, 0.4) is 0 Å². The Hall–Kier alpha value is -1.33. The zero-order valence-electron chi connectivity index (χ0n) is 10.2. The fourth-order valence-corrected chi connectivity index (χ4v) is 3.34. The van der Waals surface area contributed by atoms with Crippen molar-refractivity contribution in [3.8, 4) is 5.69 Å². The first kappa shape index (κ1) is 12.7. The van der Waals surface area contributed by atoms with Gasteiger partial charge in [-0.25, -0.2) is 4.98 Å². The van der Waals surface area contributed by atoms with Crippen molar-refractivity contribution in [3.63, 3.8) is 0 Å². The summed E-state index contributed by atoms with van der Waals surface area (Å²) in [6.45, 7) is 2.06. The van der Waals surface area contributed by atoms with Crippen molar-refractivity contribution in [2.24, 2.45) is 0 Å². The summed E-state index contributed by atoms with van der Waals surface area (Å²) in [7, 11) is 0. The van der Waals surface area contributed by atoms with Gasteiger partial charge >= 0.3 is 0 Å². The van der Waals surface area contributed by atoms with Crippen LogP contribution < -0.4 is 5.73 Å². The molecule has 3 rings (SSSR count). The van der Waals surface area contributed by atoms with Gasteiger partial charge in [-0.15, -0.1) is 0 Å². The van der Waals surface area contributed by atoms with Gasteiger partial charge in [-0.2, -0.15) is 0 Å². The van der Waals surface area contributed by atoms with Crippen LogP contribution in [0.4, 0.5) is 5.95 Å². The van der Waals surface area contributed by atoms with Gasteiger partial charge in [0.2, 0.25) is 5.95 Å². The maximum atomic E-state index is 6.06. The number of anilines is 1. The third-order valence-corrected chi connectivity index (χ3v) is 4.11. The number of aryl methyl sites for hydroxylation is 1. The summed E-state index contributed by atoms with van der Waals surface area (Å²) in [5, 5.41) is 0. The summed E-state index contributed by atoms with van der Waals surface area (Å²) in [5.41, 5.74) is 10.1. The number of aromatic nitrogens is 2. The van der Waals surface area contributed by atoms with Crippen molar-refractivity contribution in [3.05, 3.63) is 50.9 Å². The minimum Gasteiger partial charge on any atom is -0.369 e. The van der Waals surface area contributed by atoms with E-state index in [9.17, 15) is 0 Å². The van der Waals surface area contributed by atoms with Crippen LogP contribution in [0.25, 0.3) is 16.7 Å². The Bertz CT molecular complexity index is 778. The Morgan fingerprint density at radius 1 is 1.11 bits per heavy atom. The van der Waals surface area contributed by atoms with Gasteiger partial charge in [-0.05, 0) is 58.7 Å². The van der Waals surface area contributed by atoms with Crippen molar-refractivity contribution < 1.29 is 0 Å². The number of hydrogen-bond acceptors (Lipinski definition) is 2. The molecule has 0 fully saturated rings. The lowest BCUT2D eigenvalue weighted by Gasteiger charge is -2.09. The molecular formula is C14H11Br2N3. The SMILES string of the molecule is Cc1ccc2nc(N)n(-c3ccc(Br)cc3Br)c2c1. The predicted molar refractivity (Wildman–Crippen MR) is 85.6 cm³/mol. The van der Waals surface area contributed by atoms with Gasteiger partial charge in [0.15, 0.2) is 0 Å². The normalized spacial score (nSPS) is 11.1. The van der Waals surface area contributed by atoms with E-state index in [-0.39, 0.29) is 0 Å². The molecule has 3 nitrogen and oxygen atoms in total. The fourth-order valence-electron chi connectivity index (χ4n) is 2.12. The highest BCUT2D eigenvalue weighted by atomic mass is 79.9. The smallest absolute Gasteiger partial charge is 0.205 e. The summed E-state index contributed by atoms with van der Waals surface area (Å²) in [6.07, 6.45) is 0. The molecule has 0 atom stereocenters. The average molecular weight is 381 g/mol. The number of nitrogens with two attached hydrogens (primary N) is 1. The van der Waals surface area contributed by atoms with Gasteiger partial charge in [0.05, 0.1) is 16.7 Å². The zero-order chi connectivity index (χ0) is 13.6. The highest BCUT2D eigenvalue weighted by Crippen LogP contribution is 2.30. The van der Waals surface area contributed by atoms with E-state index in [0.29, 0.717) is 5.95 Å². The van der Waals surface area contributed by atoms with Gasteiger partial charge in [0.1, 0.15) is 0 Å². The second-order valence-corrected chi connectivity index (χ2v) is 6.16. The molecule has 0 radical (unpaired) electrons. The quantitative estimate of drug-likeness (QED) is 0.678. The van der Waals surface area contributed by atoms with Crippen molar-refractivity contribution in [1.82, 2.24) is 9.55 Å². The van der Waals surface area contributed by atoms with Gasteiger partial charge in [-0.1, -0.05) is 22.0 Å². The predicted octanol–water partition coefficient (Wildman–Crippen LogP) is 4.44. The van der Waals surface area contributed by atoms with E-state index in [0.717, 1.165) is 25.7 Å². The maximum Gasteiger partial charge on any atom is 0.205 e. The number of benzene rings is 2. The van der Waals surface area contributed by atoms with E-state index >= 15 is 0 Å². The third-order valence-electron chi connectivity index (χ3n) is 2.99. The lowest BCUT2D eigenvalue weighted by Crippen LogP contribution is -2.01. The van der Waals surface area contributed by atoms with Gasteiger partial charge in [-0.3, -0.25) is 4.57 Å². The Kier molecular flexibility index (Phi) is 3.11. The highest BCUT2D eigenvalue weighted by molar-refractivity contribution is 9.11. The molecule has 96 valence electrons. The molecule has 3 aromatic rings. The minimum atomic E-state index is 0.489. The summed E-state index contributed by atoms with van der Waals surface area (Å²) < 4.78 is 3.94.